The van der Waals surface area contributed by atoms with Gasteiger partial charge in [0.2, 0.25) is 5.89 Å². The zero-order valence-electron chi connectivity index (χ0n) is 15.3. The minimum Gasteiger partial charge on any atom is -0.496 e. The minimum atomic E-state index is -0.246. The number of likely N-dealkylation sites (tertiary alicyclic amines) is 1. The summed E-state index contributed by atoms with van der Waals surface area (Å²) in [5.41, 5.74) is 2.63. The van der Waals surface area contributed by atoms with Gasteiger partial charge < -0.3 is 19.0 Å². The predicted octanol–water partition coefficient (Wildman–Crippen LogP) is 2.93. The number of piperidine rings is 1. The molecule has 1 N–H and O–H groups in total. The fraction of sp³-hybridized carbons (Fsp3) is 0.526. The Morgan fingerprint density at radius 1 is 1.28 bits per heavy atom. The quantitative estimate of drug-likeness (QED) is 0.898. The van der Waals surface area contributed by atoms with E-state index in [1.165, 1.54) is 0 Å². The van der Waals surface area contributed by atoms with E-state index in [2.05, 4.69) is 4.90 Å². The second-order valence-corrected chi connectivity index (χ2v) is 6.53. The van der Waals surface area contributed by atoms with E-state index < -0.39 is 0 Å². The van der Waals surface area contributed by atoms with Crippen molar-refractivity contribution in [1.29, 1.82) is 0 Å². The van der Waals surface area contributed by atoms with E-state index in [4.69, 9.17) is 18.9 Å². The molecule has 0 spiro atoms. The largest absolute Gasteiger partial charge is 0.496 e. The number of aliphatic hydroxyl groups excluding tert-OH is 1. The molecule has 0 saturated carbocycles. The van der Waals surface area contributed by atoms with E-state index in [0.717, 1.165) is 47.7 Å². The Bertz CT molecular complexity index is 741. The van der Waals surface area contributed by atoms with Gasteiger partial charge in [-0.25, -0.2) is 4.98 Å². The number of aryl methyl sites for hydroxylation is 1. The third-order valence-electron chi connectivity index (χ3n) is 4.76. The highest BCUT2D eigenvalue weighted by Crippen LogP contribution is 2.38. The third kappa shape index (κ3) is 3.65. The van der Waals surface area contributed by atoms with Crippen molar-refractivity contribution in [2.24, 2.45) is 0 Å². The first kappa shape index (κ1) is 17.8. The van der Waals surface area contributed by atoms with Crippen LogP contribution in [-0.2, 0) is 6.54 Å². The van der Waals surface area contributed by atoms with Crippen LogP contribution in [0.2, 0.25) is 0 Å². The molecule has 1 unspecified atom stereocenters. The lowest BCUT2D eigenvalue weighted by Crippen LogP contribution is -2.37. The van der Waals surface area contributed by atoms with Crippen LogP contribution in [0.1, 0.15) is 29.9 Å². The lowest BCUT2D eigenvalue weighted by molar-refractivity contribution is 0.0660. The summed E-state index contributed by atoms with van der Waals surface area (Å²) in [6.07, 6.45) is 1.64. The number of benzene rings is 1. The van der Waals surface area contributed by atoms with Crippen LogP contribution in [-0.4, -0.2) is 48.4 Å². The summed E-state index contributed by atoms with van der Waals surface area (Å²) in [6.45, 7) is 6.22. The highest BCUT2D eigenvalue weighted by atomic mass is 16.5. The second-order valence-electron chi connectivity index (χ2n) is 6.53. The van der Waals surface area contributed by atoms with Crippen molar-refractivity contribution in [3.63, 3.8) is 0 Å². The molecule has 0 amide bonds. The molecule has 3 rings (SSSR count). The molecule has 1 aliphatic rings. The molecule has 1 aromatic heterocycles. The van der Waals surface area contributed by atoms with E-state index >= 15 is 0 Å². The number of β-amino-alcohol motifs (C(OH)–C–C–N with tert-alkyl or cyclic N) is 1. The molecule has 2 heterocycles. The molecule has 1 fully saturated rings. The molecule has 1 atom stereocenters. The Morgan fingerprint density at radius 3 is 2.76 bits per heavy atom. The van der Waals surface area contributed by atoms with Crippen molar-refractivity contribution in [3.8, 4) is 23.0 Å². The van der Waals surface area contributed by atoms with E-state index in [-0.39, 0.29) is 6.10 Å². The Balaban J connectivity index is 1.88. The lowest BCUT2D eigenvalue weighted by atomic mass is 10.1. The molecule has 0 radical (unpaired) electrons. The van der Waals surface area contributed by atoms with E-state index in [9.17, 15) is 5.11 Å². The van der Waals surface area contributed by atoms with Crippen LogP contribution < -0.4 is 9.47 Å². The molecule has 6 nitrogen and oxygen atoms in total. The summed E-state index contributed by atoms with van der Waals surface area (Å²) in [6, 6.07) is 3.80. The molecule has 1 aromatic carbocycles. The van der Waals surface area contributed by atoms with Crippen LogP contribution in [0.5, 0.6) is 11.5 Å². The molecule has 25 heavy (non-hydrogen) atoms. The van der Waals surface area contributed by atoms with Crippen molar-refractivity contribution < 1.29 is 19.0 Å². The summed E-state index contributed by atoms with van der Waals surface area (Å²) in [5.74, 6) is 2.82. The number of rotatable bonds is 5. The van der Waals surface area contributed by atoms with Crippen LogP contribution in [0.15, 0.2) is 16.5 Å². The van der Waals surface area contributed by atoms with Gasteiger partial charge in [-0.15, -0.1) is 0 Å². The van der Waals surface area contributed by atoms with Gasteiger partial charge >= 0.3 is 0 Å². The third-order valence-corrected chi connectivity index (χ3v) is 4.76. The van der Waals surface area contributed by atoms with E-state index in [1.807, 2.05) is 26.0 Å². The van der Waals surface area contributed by atoms with Gasteiger partial charge in [0.05, 0.1) is 31.6 Å². The highest BCUT2D eigenvalue weighted by molar-refractivity contribution is 5.68. The second kappa shape index (κ2) is 7.45. The molecule has 136 valence electrons. The van der Waals surface area contributed by atoms with Crippen molar-refractivity contribution in [3.05, 3.63) is 29.2 Å². The molecule has 6 heteroatoms. The fourth-order valence-electron chi connectivity index (χ4n) is 3.40. The standard InChI is InChI=1S/C19H26N2O4/c1-12-17(23-3)8-7-15(18(12)24-4)19-20-16(13(2)25-19)11-21-9-5-6-14(22)10-21/h7-8,14,22H,5-6,9-11H2,1-4H3. The number of methoxy groups -OCH3 is 2. The molecular weight excluding hydrogens is 320 g/mol. The van der Waals surface area contributed by atoms with Crippen LogP contribution in [0.3, 0.4) is 0 Å². The number of aromatic nitrogens is 1. The normalized spacial score (nSPS) is 18.4. The van der Waals surface area contributed by atoms with Gasteiger partial charge in [0.1, 0.15) is 17.3 Å². The number of ether oxygens (including phenoxy) is 2. The maximum Gasteiger partial charge on any atom is 0.230 e. The van der Waals surface area contributed by atoms with Gasteiger partial charge in [-0.05, 0) is 45.4 Å². The zero-order chi connectivity index (χ0) is 18.0. The van der Waals surface area contributed by atoms with Gasteiger partial charge in [0, 0.05) is 18.7 Å². The molecule has 1 aliphatic heterocycles. The number of aliphatic hydroxyl groups is 1. The highest BCUT2D eigenvalue weighted by Gasteiger charge is 2.22. The smallest absolute Gasteiger partial charge is 0.230 e. The first-order valence-electron chi connectivity index (χ1n) is 8.62. The number of hydrogen-bond donors (Lipinski definition) is 1. The van der Waals surface area contributed by atoms with E-state index in [0.29, 0.717) is 24.7 Å². The zero-order valence-corrected chi connectivity index (χ0v) is 15.3. The first-order valence-corrected chi connectivity index (χ1v) is 8.62. The predicted molar refractivity (Wildman–Crippen MR) is 95.0 cm³/mol. The molecule has 1 saturated heterocycles. The van der Waals surface area contributed by atoms with Crippen molar-refractivity contribution in [1.82, 2.24) is 9.88 Å². The van der Waals surface area contributed by atoms with Crippen molar-refractivity contribution in [2.75, 3.05) is 27.3 Å². The Morgan fingerprint density at radius 2 is 2.08 bits per heavy atom. The summed E-state index contributed by atoms with van der Waals surface area (Å²) < 4.78 is 16.8. The molecular formula is C19H26N2O4. The van der Waals surface area contributed by atoms with Crippen LogP contribution in [0.4, 0.5) is 0 Å². The fourth-order valence-corrected chi connectivity index (χ4v) is 3.40. The average molecular weight is 346 g/mol. The van der Waals surface area contributed by atoms with Gasteiger partial charge in [0.15, 0.2) is 0 Å². The van der Waals surface area contributed by atoms with E-state index in [1.54, 1.807) is 14.2 Å². The van der Waals surface area contributed by atoms with Gasteiger partial charge in [-0.1, -0.05) is 0 Å². The Kier molecular flexibility index (Phi) is 5.30. The molecule has 0 aliphatic carbocycles. The monoisotopic (exact) mass is 346 g/mol. The van der Waals surface area contributed by atoms with Crippen LogP contribution in [0, 0.1) is 13.8 Å². The van der Waals surface area contributed by atoms with Gasteiger partial charge in [-0.3, -0.25) is 4.90 Å². The summed E-state index contributed by atoms with van der Waals surface area (Å²) in [4.78, 5) is 6.92. The van der Waals surface area contributed by atoms with Crippen LogP contribution in [0.25, 0.3) is 11.5 Å². The van der Waals surface area contributed by atoms with Gasteiger partial charge in [-0.2, -0.15) is 0 Å². The number of oxazole rings is 1. The lowest BCUT2D eigenvalue weighted by Gasteiger charge is -2.29. The SMILES string of the molecule is COc1ccc(-c2nc(CN3CCCC(O)C3)c(C)o2)c(OC)c1C. The summed E-state index contributed by atoms with van der Waals surface area (Å²) >= 11 is 0. The maximum atomic E-state index is 9.84. The molecule has 2 aromatic rings. The summed E-state index contributed by atoms with van der Waals surface area (Å²) in [5, 5.41) is 9.84. The molecule has 0 bridgehead atoms. The van der Waals surface area contributed by atoms with Gasteiger partial charge in [0.25, 0.3) is 0 Å². The maximum absolute atomic E-state index is 9.84. The Hall–Kier alpha value is -2.05. The Labute approximate surface area is 148 Å². The topological polar surface area (TPSA) is 68.0 Å². The first-order chi connectivity index (χ1) is 12.0. The van der Waals surface area contributed by atoms with Crippen molar-refractivity contribution in [2.45, 2.75) is 39.3 Å². The number of hydrogen-bond acceptors (Lipinski definition) is 6. The number of nitrogens with zero attached hydrogens (tertiary/aromatic N) is 2. The van der Waals surface area contributed by atoms with Crippen molar-refractivity contribution >= 4 is 0 Å². The van der Waals surface area contributed by atoms with Crippen LogP contribution >= 0.6 is 0 Å². The minimum absolute atomic E-state index is 0.246. The summed E-state index contributed by atoms with van der Waals surface area (Å²) in [7, 11) is 3.28. The average Bonchev–Trinajstić information content (AvgIpc) is 2.95.